The lowest BCUT2D eigenvalue weighted by molar-refractivity contribution is 0.337. The van der Waals surface area contributed by atoms with Crippen LogP contribution in [0.2, 0.25) is 0 Å². The number of nitrogens with zero attached hydrogens (tertiary/aromatic N) is 1. The van der Waals surface area contributed by atoms with E-state index in [-0.39, 0.29) is 0 Å². The number of hydrogen-bond acceptors (Lipinski definition) is 3. The number of anilines is 1. The van der Waals surface area contributed by atoms with Gasteiger partial charge in [0.15, 0.2) is 0 Å². The molecule has 0 aliphatic carbocycles. The van der Waals surface area contributed by atoms with Crippen LogP contribution in [0.4, 0.5) is 5.82 Å². The number of aromatic amines is 1. The predicted molar refractivity (Wildman–Crippen MR) is 69.0 cm³/mol. The summed E-state index contributed by atoms with van der Waals surface area (Å²) in [7, 11) is 0. The maximum absolute atomic E-state index is 5.60. The molecule has 0 radical (unpaired) electrons. The van der Waals surface area contributed by atoms with Gasteiger partial charge in [-0.1, -0.05) is 6.92 Å². The van der Waals surface area contributed by atoms with Crippen LogP contribution in [0, 0.1) is 0 Å². The summed E-state index contributed by atoms with van der Waals surface area (Å²) in [5, 5.41) is 6.84. The lowest BCUT2D eigenvalue weighted by Crippen LogP contribution is -1.96. The molecule has 0 saturated carbocycles. The molecule has 4 heteroatoms. The first kappa shape index (κ1) is 11.5. The van der Waals surface area contributed by atoms with Crippen LogP contribution in [0.5, 0.6) is 5.75 Å². The van der Waals surface area contributed by atoms with Gasteiger partial charge in [0.1, 0.15) is 11.6 Å². The highest BCUT2D eigenvalue weighted by molar-refractivity contribution is 5.64. The van der Waals surface area contributed by atoms with E-state index >= 15 is 0 Å². The van der Waals surface area contributed by atoms with E-state index in [9.17, 15) is 0 Å². The Balaban J connectivity index is 2.37. The second kappa shape index (κ2) is 4.91. The van der Waals surface area contributed by atoms with Gasteiger partial charge in [0.2, 0.25) is 0 Å². The van der Waals surface area contributed by atoms with Gasteiger partial charge in [-0.25, -0.2) is 0 Å². The number of H-pyrrole nitrogens is 1. The molecule has 0 atom stereocenters. The molecule has 4 nitrogen and oxygen atoms in total. The summed E-state index contributed by atoms with van der Waals surface area (Å²) in [5.41, 5.74) is 8.80. The molecule has 0 saturated heterocycles. The van der Waals surface area contributed by atoms with Gasteiger partial charge in [-0.15, -0.1) is 0 Å². The molecule has 0 amide bonds. The Kier molecular flexibility index (Phi) is 3.32. The van der Waals surface area contributed by atoms with Crippen molar-refractivity contribution in [3.63, 3.8) is 0 Å². The summed E-state index contributed by atoms with van der Waals surface area (Å²) in [5.74, 6) is 1.46. The number of nitrogens with two attached hydrogens (primary N) is 1. The van der Waals surface area contributed by atoms with Crippen LogP contribution in [0.25, 0.3) is 11.3 Å². The third kappa shape index (κ3) is 2.41. The molecular formula is C13H17N3O. The Morgan fingerprint density at radius 2 is 2.12 bits per heavy atom. The molecule has 1 heterocycles. The number of aryl methyl sites for hydroxylation is 1. The maximum Gasteiger partial charge on any atom is 0.145 e. The molecule has 2 aromatic rings. The van der Waals surface area contributed by atoms with Crippen molar-refractivity contribution < 1.29 is 4.74 Å². The van der Waals surface area contributed by atoms with Crippen LogP contribution >= 0.6 is 0 Å². The van der Waals surface area contributed by atoms with E-state index in [0.29, 0.717) is 12.4 Å². The molecule has 2 rings (SSSR count). The van der Waals surface area contributed by atoms with E-state index in [1.165, 1.54) is 5.56 Å². The predicted octanol–water partition coefficient (Wildman–Crippen LogP) is 2.62. The molecule has 0 unspecified atom stereocenters. The van der Waals surface area contributed by atoms with Gasteiger partial charge in [-0.2, -0.15) is 5.10 Å². The standard InChI is InChI=1S/C13H17N3O/c1-3-9-7-10(5-6-12(9)17-4-2)11-8-13(14)16-15-11/h5-8H,3-4H2,1-2H3,(H3,14,15,16). The Hall–Kier alpha value is -1.97. The van der Waals surface area contributed by atoms with E-state index in [1.807, 2.05) is 25.1 Å². The number of hydrogen-bond donors (Lipinski definition) is 2. The van der Waals surface area contributed by atoms with E-state index < -0.39 is 0 Å². The summed E-state index contributed by atoms with van der Waals surface area (Å²) in [6, 6.07) is 7.94. The highest BCUT2D eigenvalue weighted by Crippen LogP contribution is 2.26. The summed E-state index contributed by atoms with van der Waals surface area (Å²) < 4.78 is 5.57. The normalized spacial score (nSPS) is 10.5. The minimum absolute atomic E-state index is 0.506. The zero-order valence-electron chi connectivity index (χ0n) is 10.2. The second-order valence-electron chi connectivity index (χ2n) is 3.82. The van der Waals surface area contributed by atoms with Gasteiger partial charge in [0, 0.05) is 11.6 Å². The third-order valence-electron chi connectivity index (χ3n) is 2.65. The fraction of sp³-hybridized carbons (Fsp3) is 0.308. The Morgan fingerprint density at radius 3 is 2.71 bits per heavy atom. The highest BCUT2D eigenvalue weighted by atomic mass is 16.5. The van der Waals surface area contributed by atoms with Crippen LogP contribution in [0.15, 0.2) is 24.3 Å². The average molecular weight is 231 g/mol. The number of nitrogens with one attached hydrogen (secondary N) is 1. The summed E-state index contributed by atoms with van der Waals surface area (Å²) in [4.78, 5) is 0. The number of aromatic nitrogens is 2. The molecule has 0 aliphatic heterocycles. The lowest BCUT2D eigenvalue weighted by Gasteiger charge is -2.10. The van der Waals surface area contributed by atoms with Crippen LogP contribution in [-0.4, -0.2) is 16.8 Å². The van der Waals surface area contributed by atoms with Crippen molar-refractivity contribution in [2.75, 3.05) is 12.3 Å². The first-order chi connectivity index (χ1) is 8.24. The Bertz CT molecular complexity index is 505. The molecule has 1 aromatic heterocycles. The molecule has 1 aromatic carbocycles. The largest absolute Gasteiger partial charge is 0.494 e. The number of rotatable bonds is 4. The highest BCUT2D eigenvalue weighted by Gasteiger charge is 2.06. The van der Waals surface area contributed by atoms with Crippen LogP contribution < -0.4 is 10.5 Å². The van der Waals surface area contributed by atoms with Crippen LogP contribution in [0.3, 0.4) is 0 Å². The van der Waals surface area contributed by atoms with E-state index in [2.05, 4.69) is 23.2 Å². The molecule has 0 bridgehead atoms. The Labute approximate surface area is 101 Å². The summed E-state index contributed by atoms with van der Waals surface area (Å²) in [6.45, 7) is 4.79. The van der Waals surface area contributed by atoms with E-state index in [0.717, 1.165) is 23.4 Å². The zero-order valence-corrected chi connectivity index (χ0v) is 10.2. The van der Waals surface area contributed by atoms with Crippen molar-refractivity contribution in [2.24, 2.45) is 0 Å². The monoisotopic (exact) mass is 231 g/mol. The van der Waals surface area contributed by atoms with Crippen molar-refractivity contribution >= 4 is 5.82 Å². The fourth-order valence-electron chi connectivity index (χ4n) is 1.80. The van der Waals surface area contributed by atoms with Crippen molar-refractivity contribution in [1.82, 2.24) is 10.2 Å². The maximum atomic E-state index is 5.60. The molecular weight excluding hydrogens is 214 g/mol. The molecule has 0 aliphatic rings. The second-order valence-corrected chi connectivity index (χ2v) is 3.82. The van der Waals surface area contributed by atoms with Crippen molar-refractivity contribution in [3.8, 4) is 17.0 Å². The molecule has 3 N–H and O–H groups in total. The van der Waals surface area contributed by atoms with E-state index in [4.69, 9.17) is 10.5 Å². The summed E-state index contributed by atoms with van der Waals surface area (Å²) >= 11 is 0. The first-order valence-electron chi connectivity index (χ1n) is 5.81. The van der Waals surface area contributed by atoms with Gasteiger partial charge in [-0.3, -0.25) is 5.10 Å². The van der Waals surface area contributed by atoms with Gasteiger partial charge in [0.05, 0.1) is 12.3 Å². The molecule has 0 spiro atoms. The Morgan fingerprint density at radius 1 is 1.29 bits per heavy atom. The van der Waals surface area contributed by atoms with Gasteiger partial charge < -0.3 is 10.5 Å². The average Bonchev–Trinajstić information content (AvgIpc) is 2.77. The van der Waals surface area contributed by atoms with E-state index in [1.54, 1.807) is 0 Å². The zero-order chi connectivity index (χ0) is 12.3. The van der Waals surface area contributed by atoms with Crippen molar-refractivity contribution in [3.05, 3.63) is 29.8 Å². The molecule has 0 fully saturated rings. The topological polar surface area (TPSA) is 63.9 Å². The summed E-state index contributed by atoms with van der Waals surface area (Å²) in [6.07, 6.45) is 0.937. The number of ether oxygens (including phenoxy) is 1. The number of benzene rings is 1. The van der Waals surface area contributed by atoms with Crippen LogP contribution in [-0.2, 0) is 6.42 Å². The van der Waals surface area contributed by atoms with Crippen molar-refractivity contribution in [2.45, 2.75) is 20.3 Å². The molecule has 17 heavy (non-hydrogen) atoms. The molecule has 90 valence electrons. The minimum atomic E-state index is 0.506. The first-order valence-corrected chi connectivity index (χ1v) is 5.81. The van der Waals surface area contributed by atoms with Gasteiger partial charge >= 0.3 is 0 Å². The minimum Gasteiger partial charge on any atom is -0.494 e. The fourth-order valence-corrected chi connectivity index (χ4v) is 1.80. The van der Waals surface area contributed by atoms with Gasteiger partial charge in [-0.05, 0) is 37.1 Å². The smallest absolute Gasteiger partial charge is 0.145 e. The SMILES string of the molecule is CCOc1ccc(-c2cc(N)n[nH]2)cc1CC. The lowest BCUT2D eigenvalue weighted by atomic mass is 10.1. The van der Waals surface area contributed by atoms with Gasteiger partial charge in [0.25, 0.3) is 0 Å². The van der Waals surface area contributed by atoms with Crippen LogP contribution in [0.1, 0.15) is 19.4 Å². The third-order valence-corrected chi connectivity index (χ3v) is 2.65. The quantitative estimate of drug-likeness (QED) is 0.850. The van der Waals surface area contributed by atoms with Crippen molar-refractivity contribution in [1.29, 1.82) is 0 Å². The number of nitrogen functional groups attached to an aromatic ring is 1.